The van der Waals surface area contributed by atoms with Gasteiger partial charge in [0.2, 0.25) is 0 Å². The van der Waals surface area contributed by atoms with Gasteiger partial charge in [-0.15, -0.1) is 0 Å². The third kappa shape index (κ3) is 5.60. The van der Waals surface area contributed by atoms with Gasteiger partial charge >= 0.3 is 0 Å². The second-order valence-corrected chi connectivity index (χ2v) is 19.6. The number of hydrogen-bond acceptors (Lipinski definition) is 4. The Morgan fingerprint density at radius 2 is 0.909 bits per heavy atom. The molecule has 0 saturated heterocycles. The first kappa shape index (κ1) is 37.9. The van der Waals surface area contributed by atoms with E-state index in [0.29, 0.717) is 22.9 Å². The lowest BCUT2D eigenvalue weighted by Gasteiger charge is -2.40. The minimum Gasteiger partial charge on any atom is -0.456 e. The fourth-order valence-corrected chi connectivity index (χ4v) is 13.5. The van der Waals surface area contributed by atoms with Crippen LogP contribution in [0.25, 0.3) is 67.5 Å². The molecular weight excluding hydrogens is 803 g/mol. The first-order valence-electron chi connectivity index (χ1n) is 23.9. The summed E-state index contributed by atoms with van der Waals surface area (Å²) in [5.74, 6) is 6.35. The Kier molecular flexibility index (Phi) is 8.35. The van der Waals surface area contributed by atoms with E-state index in [0.717, 1.165) is 73.8 Å². The maximum Gasteiger partial charge on any atom is 0.164 e. The highest BCUT2D eigenvalue weighted by Crippen LogP contribution is 2.64. The Labute approximate surface area is 386 Å². The molecule has 5 aliphatic rings. The summed E-state index contributed by atoms with van der Waals surface area (Å²) in [5, 5.41) is 0. The minimum absolute atomic E-state index is 0.320. The van der Waals surface area contributed by atoms with Crippen LogP contribution < -0.4 is 4.74 Å². The predicted molar refractivity (Wildman–Crippen MR) is 264 cm³/mol. The molecule has 3 saturated carbocycles. The Hall–Kier alpha value is -7.43. The van der Waals surface area contributed by atoms with Gasteiger partial charge in [-0.3, -0.25) is 0 Å². The van der Waals surface area contributed by atoms with E-state index >= 15 is 0 Å². The second-order valence-electron chi connectivity index (χ2n) is 19.6. The number of fused-ring (bicyclic) bond motifs is 11. The molecule has 2 heterocycles. The number of ether oxygens (including phenoxy) is 1. The number of hydrogen-bond donors (Lipinski definition) is 0. The number of rotatable bonds is 6. The molecule has 14 rings (SSSR count). The van der Waals surface area contributed by atoms with E-state index in [9.17, 15) is 0 Å². The van der Waals surface area contributed by atoms with Crippen molar-refractivity contribution in [2.75, 3.05) is 0 Å². The van der Waals surface area contributed by atoms with E-state index in [1.54, 1.807) is 0 Å². The maximum absolute atomic E-state index is 7.15. The standard InChI is InChI=1S/C62H47N3O/c1-2-13-40(14-3-1)41-27-29-42(30-28-41)58-63-59(43-31-33-46(34-32-43)61-36-39-25-26-44(37-61)45(35-39)38-61)65-60(64-58)51-18-5-4-15-47(51)50-19-12-23-55-57(50)66-56-24-11-10-22-54(56)62(55)52-20-8-6-16-48(52)49-17-7-9-21-53(49)62/h1-24,27-34,39,44-45H,25-26,35-38H2/t39-,44+,45?,61?/m1/s1. The molecule has 0 amide bonds. The summed E-state index contributed by atoms with van der Waals surface area (Å²) in [5.41, 5.74) is 15.8. The van der Waals surface area contributed by atoms with Crippen LogP contribution >= 0.6 is 0 Å². The largest absolute Gasteiger partial charge is 0.456 e. The summed E-state index contributed by atoms with van der Waals surface area (Å²) in [7, 11) is 0. The van der Waals surface area contributed by atoms with Crippen LogP contribution in [0.15, 0.2) is 194 Å². The molecule has 4 aliphatic carbocycles. The summed E-state index contributed by atoms with van der Waals surface area (Å²) in [6.45, 7) is 0. The van der Waals surface area contributed by atoms with Crippen molar-refractivity contribution in [1.82, 2.24) is 15.0 Å². The van der Waals surface area contributed by atoms with E-state index in [1.165, 1.54) is 71.9 Å². The van der Waals surface area contributed by atoms with Crippen molar-refractivity contribution >= 4 is 0 Å². The lowest BCUT2D eigenvalue weighted by Crippen LogP contribution is -2.32. The Bertz CT molecular complexity index is 3330. The molecule has 8 aromatic carbocycles. The van der Waals surface area contributed by atoms with E-state index in [4.69, 9.17) is 19.7 Å². The van der Waals surface area contributed by atoms with Gasteiger partial charge < -0.3 is 4.74 Å². The van der Waals surface area contributed by atoms with Crippen molar-refractivity contribution in [2.45, 2.75) is 49.4 Å². The normalized spacial score (nSPS) is 21.1. The molecule has 1 spiro atoms. The average Bonchev–Trinajstić information content (AvgIpc) is 3.77. The first-order chi connectivity index (χ1) is 32.6. The van der Waals surface area contributed by atoms with Gasteiger partial charge in [-0.1, -0.05) is 194 Å². The molecular formula is C62H47N3O. The molecule has 9 aromatic rings. The number of para-hydroxylation sites is 2. The minimum atomic E-state index is -0.565. The summed E-state index contributed by atoms with van der Waals surface area (Å²) in [6, 6.07) is 70.0. The zero-order valence-corrected chi connectivity index (χ0v) is 36.7. The fourth-order valence-electron chi connectivity index (χ4n) is 13.5. The van der Waals surface area contributed by atoms with Crippen molar-refractivity contribution in [3.05, 3.63) is 222 Å². The highest BCUT2D eigenvalue weighted by atomic mass is 16.5. The zero-order chi connectivity index (χ0) is 43.4. The third-order valence-electron chi connectivity index (χ3n) is 16.2. The van der Waals surface area contributed by atoms with Crippen molar-refractivity contribution in [2.24, 2.45) is 17.8 Å². The van der Waals surface area contributed by atoms with Crippen LogP contribution in [-0.2, 0) is 10.8 Å². The molecule has 0 N–H and O–H groups in total. The van der Waals surface area contributed by atoms with E-state index < -0.39 is 5.41 Å². The Morgan fingerprint density at radius 1 is 0.379 bits per heavy atom. The maximum atomic E-state index is 7.15. The van der Waals surface area contributed by atoms with Crippen molar-refractivity contribution in [3.8, 4) is 79.0 Å². The van der Waals surface area contributed by atoms with Gasteiger partial charge in [0.15, 0.2) is 17.5 Å². The number of benzene rings is 8. The van der Waals surface area contributed by atoms with Gasteiger partial charge in [0, 0.05) is 33.4 Å². The van der Waals surface area contributed by atoms with Crippen LogP contribution in [0.1, 0.15) is 66.3 Å². The summed E-state index contributed by atoms with van der Waals surface area (Å²) >= 11 is 0. The molecule has 1 aromatic heterocycles. The molecule has 0 radical (unpaired) electrons. The molecule has 4 nitrogen and oxygen atoms in total. The third-order valence-corrected chi connectivity index (χ3v) is 16.2. The smallest absolute Gasteiger partial charge is 0.164 e. The molecule has 66 heavy (non-hydrogen) atoms. The van der Waals surface area contributed by atoms with Gasteiger partial charge in [-0.05, 0) is 106 Å². The molecule has 316 valence electrons. The van der Waals surface area contributed by atoms with Crippen molar-refractivity contribution in [1.29, 1.82) is 0 Å². The monoisotopic (exact) mass is 849 g/mol. The van der Waals surface area contributed by atoms with Crippen LogP contribution in [0, 0.1) is 17.8 Å². The Morgan fingerprint density at radius 3 is 1.64 bits per heavy atom. The van der Waals surface area contributed by atoms with Gasteiger partial charge in [0.05, 0.1) is 5.41 Å². The lowest BCUT2D eigenvalue weighted by molar-refractivity contribution is 0.163. The number of nitrogens with zero attached hydrogens (tertiary/aromatic N) is 3. The quantitative estimate of drug-likeness (QED) is 0.167. The van der Waals surface area contributed by atoms with Gasteiger partial charge in [0.25, 0.3) is 0 Å². The highest BCUT2D eigenvalue weighted by molar-refractivity contribution is 5.92. The molecule has 3 fully saturated rings. The summed E-state index contributed by atoms with van der Waals surface area (Å²) in [4.78, 5) is 16.0. The lowest BCUT2D eigenvalue weighted by atomic mass is 9.65. The molecule has 3 bridgehead atoms. The van der Waals surface area contributed by atoms with Crippen LogP contribution in [0.5, 0.6) is 11.5 Å². The molecule has 4 heteroatoms. The molecule has 1 aliphatic heterocycles. The SMILES string of the molecule is c1ccc(-c2ccc(-c3nc(-c4ccc(C56CC7C[C@@H](CC[C@H]7C5)C6)cc4)nc(-c4ccccc4-c4cccc5c4Oc4ccccc4C54c5ccccc5-c5ccccc54)n3)cc2)cc1. The topological polar surface area (TPSA) is 47.9 Å². The highest BCUT2D eigenvalue weighted by Gasteiger charge is 2.54. The fraction of sp³-hybridized carbons (Fsp3) is 0.177. The van der Waals surface area contributed by atoms with Crippen molar-refractivity contribution in [3.63, 3.8) is 0 Å². The summed E-state index contributed by atoms with van der Waals surface area (Å²) in [6.07, 6.45) is 8.33. The molecule has 4 atom stereocenters. The van der Waals surface area contributed by atoms with E-state index in [-0.39, 0.29) is 0 Å². The summed E-state index contributed by atoms with van der Waals surface area (Å²) < 4.78 is 7.15. The van der Waals surface area contributed by atoms with Crippen LogP contribution in [0.3, 0.4) is 0 Å². The average molecular weight is 850 g/mol. The van der Waals surface area contributed by atoms with Gasteiger partial charge in [-0.2, -0.15) is 0 Å². The van der Waals surface area contributed by atoms with E-state index in [2.05, 4.69) is 194 Å². The van der Waals surface area contributed by atoms with Crippen LogP contribution in [-0.4, -0.2) is 15.0 Å². The first-order valence-corrected chi connectivity index (χ1v) is 23.9. The number of aromatic nitrogens is 3. The second kappa shape index (κ2) is 14.5. The zero-order valence-electron chi connectivity index (χ0n) is 36.7. The van der Waals surface area contributed by atoms with Gasteiger partial charge in [-0.25, -0.2) is 15.0 Å². The Balaban J connectivity index is 0.931. The van der Waals surface area contributed by atoms with Crippen molar-refractivity contribution < 1.29 is 4.74 Å². The predicted octanol–water partition coefficient (Wildman–Crippen LogP) is 15.1. The van der Waals surface area contributed by atoms with Crippen LogP contribution in [0.4, 0.5) is 0 Å². The molecule has 2 unspecified atom stereocenters. The van der Waals surface area contributed by atoms with Crippen LogP contribution in [0.2, 0.25) is 0 Å². The van der Waals surface area contributed by atoms with Gasteiger partial charge in [0.1, 0.15) is 11.5 Å². The van der Waals surface area contributed by atoms with E-state index in [1.807, 2.05) is 0 Å².